The van der Waals surface area contributed by atoms with Crippen LogP contribution in [0.15, 0.2) is 0 Å². The molecule has 0 aromatic heterocycles. The Kier molecular flexibility index (Phi) is 5.10. The Morgan fingerprint density at radius 2 is 2.00 bits per heavy atom. The highest BCUT2D eigenvalue weighted by Crippen LogP contribution is 2.10. The van der Waals surface area contributed by atoms with Crippen molar-refractivity contribution in [3.63, 3.8) is 0 Å². The van der Waals surface area contributed by atoms with Crippen molar-refractivity contribution in [3.8, 4) is 11.8 Å². The molecule has 15 heavy (non-hydrogen) atoms. The number of nitrogens with zero attached hydrogens (tertiary/aromatic N) is 1. The fourth-order valence-corrected chi connectivity index (χ4v) is 1.76. The molecule has 0 fully saturated rings. The molecule has 3 nitrogen and oxygen atoms in total. The van der Waals surface area contributed by atoms with Crippen molar-refractivity contribution in [2.24, 2.45) is 0 Å². The summed E-state index contributed by atoms with van der Waals surface area (Å²) in [7, 11) is 3.41. The van der Waals surface area contributed by atoms with Crippen LogP contribution in [0.5, 0.6) is 0 Å². The normalized spacial score (nSPS) is 28.1. The second kappa shape index (κ2) is 6.12. The molecule has 1 heterocycles. The first-order valence-electron chi connectivity index (χ1n) is 5.47. The van der Waals surface area contributed by atoms with E-state index in [-0.39, 0.29) is 12.2 Å². The number of ether oxygens (including phenoxy) is 2. The summed E-state index contributed by atoms with van der Waals surface area (Å²) in [4.78, 5) is 2.38. The van der Waals surface area contributed by atoms with Gasteiger partial charge in [0.15, 0.2) is 0 Å². The van der Waals surface area contributed by atoms with Gasteiger partial charge in [-0.15, -0.1) is 0 Å². The fourth-order valence-electron chi connectivity index (χ4n) is 1.76. The second-order valence-electron chi connectivity index (χ2n) is 4.09. The molecule has 0 bridgehead atoms. The average molecular weight is 211 g/mol. The van der Waals surface area contributed by atoms with Gasteiger partial charge in [0.05, 0.1) is 0 Å². The van der Waals surface area contributed by atoms with E-state index in [2.05, 4.69) is 30.6 Å². The molecule has 2 atom stereocenters. The maximum Gasteiger partial charge on any atom is 0.145 e. The zero-order valence-corrected chi connectivity index (χ0v) is 10.1. The second-order valence-corrected chi connectivity index (χ2v) is 4.09. The molecule has 3 heteroatoms. The predicted molar refractivity (Wildman–Crippen MR) is 60.7 cm³/mol. The summed E-state index contributed by atoms with van der Waals surface area (Å²) in [6, 6.07) is 0.528. The van der Waals surface area contributed by atoms with E-state index >= 15 is 0 Å². The van der Waals surface area contributed by atoms with Crippen molar-refractivity contribution in [1.82, 2.24) is 4.90 Å². The molecule has 2 unspecified atom stereocenters. The highest BCUT2D eigenvalue weighted by atomic mass is 16.5. The highest BCUT2D eigenvalue weighted by Gasteiger charge is 2.24. The maximum atomic E-state index is 5.44. The average Bonchev–Trinajstić information content (AvgIpc) is 2.17. The summed E-state index contributed by atoms with van der Waals surface area (Å²) < 4.78 is 10.8. The molecular weight excluding hydrogens is 190 g/mol. The van der Waals surface area contributed by atoms with E-state index in [9.17, 15) is 0 Å². The zero-order valence-electron chi connectivity index (χ0n) is 10.1. The summed E-state index contributed by atoms with van der Waals surface area (Å²) in [5.74, 6) is 6.25. The van der Waals surface area contributed by atoms with Gasteiger partial charge < -0.3 is 9.47 Å². The Labute approximate surface area is 92.7 Å². The Morgan fingerprint density at radius 3 is 2.53 bits per heavy atom. The van der Waals surface area contributed by atoms with E-state index in [1.54, 1.807) is 14.2 Å². The first kappa shape index (κ1) is 12.5. The largest absolute Gasteiger partial charge is 0.376 e. The molecule has 0 spiro atoms. The molecule has 1 aliphatic heterocycles. The van der Waals surface area contributed by atoms with Gasteiger partial charge in [-0.05, 0) is 13.8 Å². The number of hydrogen-bond donors (Lipinski definition) is 0. The van der Waals surface area contributed by atoms with E-state index in [0.29, 0.717) is 6.04 Å². The minimum Gasteiger partial charge on any atom is -0.376 e. The van der Waals surface area contributed by atoms with Crippen LogP contribution in [-0.4, -0.2) is 50.5 Å². The molecule has 0 saturated carbocycles. The molecule has 0 saturated heterocycles. The Bertz CT molecular complexity index is 242. The van der Waals surface area contributed by atoms with Gasteiger partial charge in [-0.1, -0.05) is 11.8 Å². The van der Waals surface area contributed by atoms with Crippen molar-refractivity contribution < 1.29 is 9.47 Å². The Morgan fingerprint density at radius 1 is 1.27 bits per heavy atom. The van der Waals surface area contributed by atoms with Crippen LogP contribution in [0.3, 0.4) is 0 Å². The number of rotatable bonds is 3. The number of hydrogen-bond acceptors (Lipinski definition) is 3. The summed E-state index contributed by atoms with van der Waals surface area (Å²) in [5, 5.41) is 0. The molecule has 86 valence electrons. The van der Waals surface area contributed by atoms with Gasteiger partial charge in [-0.2, -0.15) is 0 Å². The lowest BCUT2D eigenvalue weighted by Crippen LogP contribution is -2.44. The third-order valence-corrected chi connectivity index (χ3v) is 2.81. The summed E-state index contributed by atoms with van der Waals surface area (Å²) in [5.41, 5.74) is 0. The first-order valence-corrected chi connectivity index (χ1v) is 5.47. The maximum absolute atomic E-state index is 5.44. The van der Waals surface area contributed by atoms with Crippen molar-refractivity contribution in [2.75, 3.05) is 27.3 Å². The molecule has 1 rings (SSSR count). The SMILES string of the molecule is COC1C#CCCN(C(C)C)CC1OC. The van der Waals surface area contributed by atoms with E-state index < -0.39 is 0 Å². The van der Waals surface area contributed by atoms with Crippen LogP contribution in [0.4, 0.5) is 0 Å². The Hall–Kier alpha value is -0.560. The third-order valence-electron chi connectivity index (χ3n) is 2.81. The van der Waals surface area contributed by atoms with Crippen molar-refractivity contribution in [3.05, 3.63) is 0 Å². The molecular formula is C12H21NO2. The molecule has 0 radical (unpaired) electrons. The molecule has 1 aliphatic rings. The molecule has 0 aromatic carbocycles. The predicted octanol–water partition coefficient (Wildman–Crippen LogP) is 1.13. The van der Waals surface area contributed by atoms with Crippen LogP contribution in [0, 0.1) is 11.8 Å². The summed E-state index contributed by atoms with van der Waals surface area (Å²) in [6.07, 6.45) is 0.857. The van der Waals surface area contributed by atoms with E-state index in [1.807, 2.05) is 0 Å². The zero-order chi connectivity index (χ0) is 11.3. The first-order chi connectivity index (χ1) is 7.19. The number of methoxy groups -OCH3 is 2. The monoisotopic (exact) mass is 211 g/mol. The minimum atomic E-state index is -0.100. The molecule has 0 aliphatic carbocycles. The lowest BCUT2D eigenvalue weighted by atomic mass is 10.1. The van der Waals surface area contributed by atoms with Crippen LogP contribution >= 0.6 is 0 Å². The van der Waals surface area contributed by atoms with Crippen LogP contribution in [0.25, 0.3) is 0 Å². The van der Waals surface area contributed by atoms with Gasteiger partial charge in [0.1, 0.15) is 12.2 Å². The smallest absolute Gasteiger partial charge is 0.145 e. The lowest BCUT2D eigenvalue weighted by Gasteiger charge is -2.32. The highest BCUT2D eigenvalue weighted by molar-refractivity contribution is 5.10. The van der Waals surface area contributed by atoms with Crippen molar-refractivity contribution >= 4 is 0 Å². The van der Waals surface area contributed by atoms with Gasteiger partial charge in [0, 0.05) is 39.8 Å². The fraction of sp³-hybridized carbons (Fsp3) is 0.833. The molecule has 0 amide bonds. The lowest BCUT2D eigenvalue weighted by molar-refractivity contribution is -0.0297. The summed E-state index contributed by atoms with van der Waals surface area (Å²) in [6.45, 7) is 6.30. The van der Waals surface area contributed by atoms with Crippen LogP contribution in [0.1, 0.15) is 20.3 Å². The molecule has 0 aromatic rings. The Balaban J connectivity index is 2.72. The van der Waals surface area contributed by atoms with E-state index in [4.69, 9.17) is 9.47 Å². The standard InChI is InChI=1S/C12H21NO2/c1-10(2)13-8-6-5-7-11(14-3)12(9-13)15-4/h10-12H,6,8-9H2,1-4H3. The van der Waals surface area contributed by atoms with Gasteiger partial charge in [-0.3, -0.25) is 4.90 Å². The van der Waals surface area contributed by atoms with Gasteiger partial charge in [0.25, 0.3) is 0 Å². The van der Waals surface area contributed by atoms with Crippen LogP contribution in [0.2, 0.25) is 0 Å². The topological polar surface area (TPSA) is 21.7 Å². The van der Waals surface area contributed by atoms with Crippen molar-refractivity contribution in [1.29, 1.82) is 0 Å². The minimum absolute atomic E-state index is 0.0465. The van der Waals surface area contributed by atoms with Gasteiger partial charge in [0.2, 0.25) is 0 Å². The van der Waals surface area contributed by atoms with Crippen molar-refractivity contribution in [2.45, 2.75) is 38.5 Å². The summed E-state index contributed by atoms with van der Waals surface area (Å²) >= 11 is 0. The van der Waals surface area contributed by atoms with Crippen LogP contribution in [-0.2, 0) is 9.47 Å². The van der Waals surface area contributed by atoms with Gasteiger partial charge >= 0.3 is 0 Å². The van der Waals surface area contributed by atoms with E-state index in [0.717, 1.165) is 19.5 Å². The van der Waals surface area contributed by atoms with E-state index in [1.165, 1.54) is 0 Å². The molecule has 0 N–H and O–H groups in total. The van der Waals surface area contributed by atoms with Crippen LogP contribution < -0.4 is 0 Å². The quantitative estimate of drug-likeness (QED) is 0.653. The van der Waals surface area contributed by atoms with Gasteiger partial charge in [-0.25, -0.2) is 0 Å². The third kappa shape index (κ3) is 3.49.